The Bertz CT molecular complexity index is 1050. The van der Waals surface area contributed by atoms with E-state index in [-0.39, 0.29) is 11.9 Å². The molecule has 0 bridgehead atoms. The number of nitrogens with zero attached hydrogens (tertiary/aromatic N) is 2. The lowest BCUT2D eigenvalue weighted by Crippen LogP contribution is -2.49. The van der Waals surface area contributed by atoms with Crippen molar-refractivity contribution in [2.45, 2.75) is 12.6 Å². The Labute approximate surface area is 195 Å². The zero-order valence-corrected chi connectivity index (χ0v) is 19.4. The molecule has 1 atom stereocenters. The second-order valence-corrected chi connectivity index (χ2v) is 8.17. The Kier molecular flexibility index (Phi) is 7.15. The predicted molar refractivity (Wildman–Crippen MR) is 128 cm³/mol. The number of likely N-dealkylation sites (N-methyl/N-ethyl adjacent to an activating group) is 1. The van der Waals surface area contributed by atoms with Crippen LogP contribution in [-0.2, 0) is 6.61 Å². The molecule has 1 aliphatic rings. The molecular formula is C27H30N2O4. The van der Waals surface area contributed by atoms with Crippen LogP contribution in [0, 0.1) is 0 Å². The number of piperazine rings is 1. The number of hydrogen-bond donors (Lipinski definition) is 0. The highest BCUT2D eigenvalue weighted by Gasteiger charge is 2.32. The fourth-order valence-electron chi connectivity index (χ4n) is 4.16. The van der Waals surface area contributed by atoms with Crippen LogP contribution in [0.2, 0.25) is 0 Å². The first-order valence-electron chi connectivity index (χ1n) is 11.1. The monoisotopic (exact) mass is 446 g/mol. The number of benzene rings is 3. The standard InChI is InChI=1S/C27H30N2O4/c1-28-14-15-29(23(18-28)21-12-8-5-9-13-21)27(30)22-16-24(31-2)26(25(17-22)32-3)33-19-20-10-6-4-7-11-20/h4-13,16-17,23H,14-15,18-19H2,1-3H3/t23-/m1/s1. The molecule has 1 saturated heterocycles. The molecule has 3 aromatic rings. The van der Waals surface area contributed by atoms with Gasteiger partial charge in [0.1, 0.15) is 6.61 Å². The van der Waals surface area contributed by atoms with Gasteiger partial charge in [0, 0.05) is 25.2 Å². The molecule has 172 valence electrons. The lowest BCUT2D eigenvalue weighted by molar-refractivity contribution is 0.0497. The summed E-state index contributed by atoms with van der Waals surface area (Å²) in [7, 11) is 5.23. The van der Waals surface area contributed by atoms with Crippen molar-refractivity contribution in [2.24, 2.45) is 0 Å². The van der Waals surface area contributed by atoms with E-state index in [2.05, 4.69) is 24.1 Å². The van der Waals surface area contributed by atoms with Crippen molar-refractivity contribution in [2.75, 3.05) is 40.9 Å². The summed E-state index contributed by atoms with van der Waals surface area (Å²) < 4.78 is 17.2. The molecule has 4 rings (SSSR count). The van der Waals surface area contributed by atoms with E-state index in [0.29, 0.717) is 36.0 Å². The van der Waals surface area contributed by atoms with E-state index in [1.54, 1.807) is 26.4 Å². The summed E-state index contributed by atoms with van der Waals surface area (Å²) in [5, 5.41) is 0. The topological polar surface area (TPSA) is 51.2 Å². The molecule has 33 heavy (non-hydrogen) atoms. The summed E-state index contributed by atoms with van der Waals surface area (Å²) in [4.78, 5) is 17.9. The van der Waals surface area contributed by atoms with Crippen molar-refractivity contribution in [3.8, 4) is 17.2 Å². The van der Waals surface area contributed by atoms with Crippen LogP contribution in [-0.4, -0.2) is 56.6 Å². The number of ether oxygens (including phenoxy) is 3. The van der Waals surface area contributed by atoms with Gasteiger partial charge in [0.15, 0.2) is 11.5 Å². The van der Waals surface area contributed by atoms with Crippen molar-refractivity contribution in [3.63, 3.8) is 0 Å². The third-order valence-corrected chi connectivity index (χ3v) is 5.96. The highest BCUT2D eigenvalue weighted by Crippen LogP contribution is 2.40. The van der Waals surface area contributed by atoms with Gasteiger partial charge in [0.05, 0.1) is 20.3 Å². The summed E-state index contributed by atoms with van der Waals surface area (Å²) in [6, 6.07) is 23.5. The first-order chi connectivity index (χ1) is 16.1. The lowest BCUT2D eigenvalue weighted by Gasteiger charge is -2.40. The zero-order valence-electron chi connectivity index (χ0n) is 19.4. The van der Waals surface area contributed by atoms with Gasteiger partial charge in [-0.1, -0.05) is 60.7 Å². The maximum absolute atomic E-state index is 13.7. The van der Waals surface area contributed by atoms with Crippen molar-refractivity contribution in [1.29, 1.82) is 0 Å². The normalized spacial score (nSPS) is 16.3. The van der Waals surface area contributed by atoms with E-state index in [1.165, 1.54) is 0 Å². The highest BCUT2D eigenvalue weighted by molar-refractivity contribution is 5.96. The fraction of sp³-hybridized carbons (Fsp3) is 0.296. The van der Waals surface area contributed by atoms with Crippen molar-refractivity contribution >= 4 is 5.91 Å². The molecule has 1 aliphatic heterocycles. The molecule has 6 nitrogen and oxygen atoms in total. The fourth-order valence-corrected chi connectivity index (χ4v) is 4.16. The molecule has 0 radical (unpaired) electrons. The van der Waals surface area contributed by atoms with E-state index in [1.807, 2.05) is 53.4 Å². The van der Waals surface area contributed by atoms with Crippen molar-refractivity contribution in [3.05, 3.63) is 89.5 Å². The summed E-state index contributed by atoms with van der Waals surface area (Å²) >= 11 is 0. The minimum Gasteiger partial charge on any atom is -0.493 e. The highest BCUT2D eigenvalue weighted by atomic mass is 16.5. The van der Waals surface area contributed by atoms with Crippen LogP contribution in [0.3, 0.4) is 0 Å². The summed E-state index contributed by atoms with van der Waals surface area (Å²) in [6.45, 7) is 2.62. The zero-order chi connectivity index (χ0) is 23.2. The molecule has 0 saturated carbocycles. The molecule has 0 N–H and O–H groups in total. The molecule has 1 amide bonds. The van der Waals surface area contributed by atoms with Crippen LogP contribution in [0.4, 0.5) is 0 Å². The van der Waals surface area contributed by atoms with E-state index in [0.717, 1.165) is 24.2 Å². The van der Waals surface area contributed by atoms with Crippen LogP contribution < -0.4 is 14.2 Å². The van der Waals surface area contributed by atoms with Crippen LogP contribution in [0.1, 0.15) is 27.5 Å². The molecule has 6 heteroatoms. The Hall–Kier alpha value is -3.51. The quantitative estimate of drug-likeness (QED) is 0.538. The first-order valence-corrected chi connectivity index (χ1v) is 11.1. The van der Waals surface area contributed by atoms with Gasteiger partial charge in [-0.05, 0) is 30.3 Å². The number of carbonyl (C=O) groups excluding carboxylic acids is 1. The van der Waals surface area contributed by atoms with E-state index >= 15 is 0 Å². The van der Waals surface area contributed by atoms with Gasteiger partial charge in [-0.15, -0.1) is 0 Å². The SMILES string of the molecule is COc1cc(C(=O)N2CCN(C)C[C@@H]2c2ccccc2)cc(OC)c1OCc1ccccc1. The predicted octanol–water partition coefficient (Wildman–Crippen LogP) is 4.41. The van der Waals surface area contributed by atoms with Gasteiger partial charge in [-0.25, -0.2) is 0 Å². The largest absolute Gasteiger partial charge is 0.493 e. The summed E-state index contributed by atoms with van der Waals surface area (Å²) in [6.07, 6.45) is 0. The van der Waals surface area contributed by atoms with Gasteiger partial charge in [-0.3, -0.25) is 4.79 Å². The minimum atomic E-state index is -0.0526. The van der Waals surface area contributed by atoms with Gasteiger partial charge >= 0.3 is 0 Å². The van der Waals surface area contributed by atoms with Crippen molar-refractivity contribution in [1.82, 2.24) is 9.80 Å². The number of methoxy groups -OCH3 is 2. The smallest absolute Gasteiger partial charge is 0.254 e. The Morgan fingerprint density at radius 1 is 0.909 bits per heavy atom. The number of hydrogen-bond acceptors (Lipinski definition) is 5. The maximum atomic E-state index is 13.7. The van der Waals surface area contributed by atoms with E-state index in [9.17, 15) is 4.79 Å². The molecular weight excluding hydrogens is 416 g/mol. The Balaban J connectivity index is 1.62. The summed E-state index contributed by atoms with van der Waals surface area (Å²) in [5.74, 6) is 1.37. The second-order valence-electron chi connectivity index (χ2n) is 8.17. The maximum Gasteiger partial charge on any atom is 0.254 e. The van der Waals surface area contributed by atoms with Gasteiger partial charge in [-0.2, -0.15) is 0 Å². The first kappa shape index (κ1) is 22.7. The van der Waals surface area contributed by atoms with Gasteiger partial charge in [0.25, 0.3) is 5.91 Å². The second kappa shape index (κ2) is 10.4. The average Bonchev–Trinajstić information content (AvgIpc) is 2.87. The Morgan fingerprint density at radius 3 is 2.12 bits per heavy atom. The van der Waals surface area contributed by atoms with E-state index < -0.39 is 0 Å². The van der Waals surface area contributed by atoms with Crippen LogP contribution in [0.25, 0.3) is 0 Å². The number of carbonyl (C=O) groups is 1. The molecule has 3 aromatic carbocycles. The van der Waals surface area contributed by atoms with Crippen molar-refractivity contribution < 1.29 is 19.0 Å². The van der Waals surface area contributed by atoms with Gasteiger partial charge in [0.2, 0.25) is 5.75 Å². The number of amides is 1. The third kappa shape index (κ3) is 5.12. The van der Waals surface area contributed by atoms with Crippen LogP contribution in [0.15, 0.2) is 72.8 Å². The van der Waals surface area contributed by atoms with Crippen LogP contribution >= 0.6 is 0 Å². The van der Waals surface area contributed by atoms with Crippen LogP contribution in [0.5, 0.6) is 17.2 Å². The molecule has 1 fully saturated rings. The molecule has 1 heterocycles. The molecule has 0 aromatic heterocycles. The van der Waals surface area contributed by atoms with E-state index in [4.69, 9.17) is 14.2 Å². The molecule has 0 aliphatic carbocycles. The lowest BCUT2D eigenvalue weighted by atomic mass is 10.0. The summed E-state index contributed by atoms with van der Waals surface area (Å²) in [5.41, 5.74) is 2.67. The molecule has 0 unspecified atom stereocenters. The third-order valence-electron chi connectivity index (χ3n) is 5.96. The van der Waals surface area contributed by atoms with Gasteiger partial charge < -0.3 is 24.0 Å². The number of rotatable bonds is 7. The Morgan fingerprint density at radius 2 is 1.52 bits per heavy atom. The average molecular weight is 447 g/mol. The minimum absolute atomic E-state index is 0.0246. The molecule has 0 spiro atoms.